The molecular weight excluding hydrogens is 416 g/mol. The lowest BCUT2D eigenvalue weighted by Gasteiger charge is -2.20. The summed E-state index contributed by atoms with van der Waals surface area (Å²) in [6.07, 6.45) is 0.747. The predicted molar refractivity (Wildman–Crippen MR) is 124 cm³/mol. The normalized spacial score (nSPS) is 13.6. The molecule has 2 aromatic rings. The van der Waals surface area contributed by atoms with Gasteiger partial charge in [-0.05, 0) is 37.1 Å². The maximum absolute atomic E-state index is 12.9. The number of hydrogen-bond acceptors (Lipinski definition) is 5. The van der Waals surface area contributed by atoms with Crippen molar-refractivity contribution in [1.29, 1.82) is 0 Å². The number of hydrogen-bond donors (Lipinski definition) is 2. The minimum Gasteiger partial charge on any atom is -0.497 e. The molecule has 2 aromatic carbocycles. The van der Waals surface area contributed by atoms with Gasteiger partial charge in [0.15, 0.2) is 5.96 Å². The molecule has 3 rings (SSSR count). The summed E-state index contributed by atoms with van der Waals surface area (Å²) in [6, 6.07) is 13.2. The number of nitrogens with one attached hydrogen (secondary N) is 2. The van der Waals surface area contributed by atoms with Gasteiger partial charge in [-0.15, -0.1) is 0 Å². The highest BCUT2D eigenvalue weighted by atomic mass is 32.2. The molecule has 168 valence electrons. The van der Waals surface area contributed by atoms with Gasteiger partial charge in [0, 0.05) is 31.3 Å². The zero-order valence-corrected chi connectivity index (χ0v) is 19.0. The Bertz CT molecular complexity index is 1020. The summed E-state index contributed by atoms with van der Waals surface area (Å²) in [4.78, 5) is 4.57. The van der Waals surface area contributed by atoms with Crippen LogP contribution in [0.4, 0.5) is 5.69 Å². The first-order valence-electron chi connectivity index (χ1n) is 10.3. The van der Waals surface area contributed by atoms with Crippen molar-refractivity contribution < 1.29 is 17.9 Å². The first-order chi connectivity index (χ1) is 15.0. The molecule has 31 heavy (non-hydrogen) atoms. The van der Waals surface area contributed by atoms with Gasteiger partial charge in [-0.25, -0.2) is 13.4 Å². The lowest BCUT2D eigenvalue weighted by Crippen LogP contribution is -2.42. The van der Waals surface area contributed by atoms with Gasteiger partial charge in [-0.1, -0.05) is 18.2 Å². The quantitative estimate of drug-likeness (QED) is 0.453. The highest BCUT2D eigenvalue weighted by Crippen LogP contribution is 2.30. The lowest BCUT2D eigenvalue weighted by atomic mass is 10.2. The fourth-order valence-electron chi connectivity index (χ4n) is 3.49. The number of guanidine groups is 1. The molecule has 1 aliphatic heterocycles. The highest BCUT2D eigenvalue weighted by Gasteiger charge is 2.28. The molecule has 0 spiro atoms. The van der Waals surface area contributed by atoms with Crippen LogP contribution in [0, 0.1) is 0 Å². The molecule has 9 heteroatoms. The summed E-state index contributed by atoms with van der Waals surface area (Å²) in [5.74, 6) is 1.94. The Labute approximate surface area is 184 Å². The van der Waals surface area contributed by atoms with Crippen LogP contribution in [0.5, 0.6) is 11.5 Å². The second kappa shape index (κ2) is 10.4. The van der Waals surface area contributed by atoms with Crippen LogP contribution >= 0.6 is 0 Å². The summed E-state index contributed by atoms with van der Waals surface area (Å²) in [5, 5.41) is 6.27. The van der Waals surface area contributed by atoms with Crippen LogP contribution in [0.25, 0.3) is 0 Å². The summed E-state index contributed by atoms with van der Waals surface area (Å²) in [7, 11) is -0.206. The van der Waals surface area contributed by atoms with E-state index in [1.807, 2.05) is 49.4 Å². The Hall–Kier alpha value is -2.94. The molecule has 0 saturated heterocycles. The number of anilines is 1. The number of ether oxygens (including phenoxy) is 2. The molecule has 0 aliphatic carbocycles. The van der Waals surface area contributed by atoms with Crippen molar-refractivity contribution in [3.8, 4) is 11.5 Å². The Morgan fingerprint density at radius 1 is 1.13 bits per heavy atom. The second-order valence-electron chi connectivity index (χ2n) is 7.07. The van der Waals surface area contributed by atoms with Gasteiger partial charge in [-0.2, -0.15) is 0 Å². The van der Waals surface area contributed by atoms with Crippen molar-refractivity contribution in [2.24, 2.45) is 4.99 Å². The Morgan fingerprint density at radius 3 is 2.68 bits per heavy atom. The van der Waals surface area contributed by atoms with Crippen molar-refractivity contribution in [2.75, 3.05) is 43.9 Å². The average Bonchev–Trinajstić information content (AvgIpc) is 3.22. The number of benzene rings is 2. The Kier molecular flexibility index (Phi) is 7.62. The Morgan fingerprint density at radius 2 is 1.94 bits per heavy atom. The number of sulfonamides is 1. The van der Waals surface area contributed by atoms with Crippen molar-refractivity contribution >= 4 is 21.7 Å². The van der Waals surface area contributed by atoms with Gasteiger partial charge in [0.1, 0.15) is 11.5 Å². The minimum absolute atomic E-state index is 0.0163. The fraction of sp³-hybridized carbons (Fsp3) is 0.409. The molecule has 0 bridgehead atoms. The average molecular weight is 447 g/mol. The van der Waals surface area contributed by atoms with E-state index in [1.54, 1.807) is 14.2 Å². The smallest absolute Gasteiger partial charge is 0.236 e. The number of rotatable bonds is 9. The van der Waals surface area contributed by atoms with E-state index in [4.69, 9.17) is 9.47 Å². The maximum atomic E-state index is 12.9. The number of methoxy groups -OCH3 is 2. The third-order valence-electron chi connectivity index (χ3n) is 5.08. The van der Waals surface area contributed by atoms with E-state index < -0.39 is 10.0 Å². The van der Waals surface area contributed by atoms with E-state index in [0.29, 0.717) is 37.1 Å². The van der Waals surface area contributed by atoms with E-state index in [1.165, 1.54) is 4.31 Å². The predicted octanol–water partition coefficient (Wildman–Crippen LogP) is 2.15. The summed E-state index contributed by atoms with van der Waals surface area (Å²) in [6.45, 7) is 3.76. The van der Waals surface area contributed by atoms with Crippen LogP contribution in [-0.2, 0) is 23.0 Å². The number of fused-ring (bicyclic) bond motifs is 1. The molecule has 1 aliphatic rings. The molecule has 0 amide bonds. The molecule has 1 heterocycles. The fourth-order valence-corrected chi connectivity index (χ4v) is 4.92. The van der Waals surface area contributed by atoms with Crippen LogP contribution in [0.3, 0.4) is 0 Å². The SMILES string of the molecule is CCNC(=NCc1ccc(OC)cc1OC)NCCS(=O)(=O)N1CCc2ccccc21. The van der Waals surface area contributed by atoms with Crippen molar-refractivity contribution in [3.05, 3.63) is 53.6 Å². The van der Waals surface area contributed by atoms with Gasteiger partial charge in [0.25, 0.3) is 0 Å². The second-order valence-corrected chi connectivity index (χ2v) is 9.08. The number of para-hydroxylation sites is 1. The summed E-state index contributed by atoms with van der Waals surface area (Å²) in [5.41, 5.74) is 2.76. The van der Waals surface area contributed by atoms with E-state index in [9.17, 15) is 8.42 Å². The van der Waals surface area contributed by atoms with E-state index in [2.05, 4.69) is 15.6 Å². The summed E-state index contributed by atoms with van der Waals surface area (Å²) >= 11 is 0. The van der Waals surface area contributed by atoms with E-state index >= 15 is 0 Å². The summed E-state index contributed by atoms with van der Waals surface area (Å²) < 4.78 is 37.9. The van der Waals surface area contributed by atoms with Crippen molar-refractivity contribution in [2.45, 2.75) is 19.9 Å². The zero-order chi connectivity index (χ0) is 22.3. The van der Waals surface area contributed by atoms with Gasteiger partial charge < -0.3 is 20.1 Å². The lowest BCUT2D eigenvalue weighted by molar-refractivity contribution is 0.391. The molecule has 0 saturated carbocycles. The van der Waals surface area contributed by atoms with Crippen LogP contribution in [-0.4, -0.2) is 54.0 Å². The van der Waals surface area contributed by atoms with Crippen molar-refractivity contribution in [1.82, 2.24) is 10.6 Å². The molecular formula is C22H30N4O4S. The van der Waals surface area contributed by atoms with E-state index in [0.717, 1.165) is 23.2 Å². The van der Waals surface area contributed by atoms with Gasteiger partial charge >= 0.3 is 0 Å². The highest BCUT2D eigenvalue weighted by molar-refractivity contribution is 7.92. The molecule has 2 N–H and O–H groups in total. The number of aliphatic imine (C=N–C) groups is 1. The monoisotopic (exact) mass is 446 g/mol. The van der Waals surface area contributed by atoms with Crippen molar-refractivity contribution in [3.63, 3.8) is 0 Å². The van der Waals surface area contributed by atoms with Crippen LogP contribution < -0.4 is 24.4 Å². The van der Waals surface area contributed by atoms with Crippen LogP contribution in [0.2, 0.25) is 0 Å². The molecule has 0 radical (unpaired) electrons. The minimum atomic E-state index is -3.42. The van der Waals surface area contributed by atoms with Crippen LogP contribution in [0.1, 0.15) is 18.1 Å². The Balaban J connectivity index is 1.62. The topological polar surface area (TPSA) is 92.3 Å². The molecule has 0 fully saturated rings. The largest absolute Gasteiger partial charge is 0.497 e. The first-order valence-corrected chi connectivity index (χ1v) is 11.9. The third kappa shape index (κ3) is 5.61. The molecule has 0 atom stereocenters. The standard InChI is InChI=1S/C22H30N4O4S/c1-4-23-22(25-16-18-9-10-19(29-2)15-21(18)30-3)24-12-14-31(27,28)26-13-11-17-7-5-6-8-20(17)26/h5-10,15H,4,11-14,16H2,1-3H3,(H2,23,24,25). The number of nitrogens with zero attached hydrogens (tertiary/aromatic N) is 2. The molecule has 8 nitrogen and oxygen atoms in total. The van der Waals surface area contributed by atoms with Gasteiger partial charge in [-0.3, -0.25) is 4.31 Å². The van der Waals surface area contributed by atoms with Gasteiger partial charge in [0.2, 0.25) is 10.0 Å². The zero-order valence-electron chi connectivity index (χ0n) is 18.2. The molecule has 0 aromatic heterocycles. The maximum Gasteiger partial charge on any atom is 0.236 e. The van der Waals surface area contributed by atoms with Gasteiger partial charge in [0.05, 0.1) is 32.2 Å². The van der Waals surface area contributed by atoms with E-state index in [-0.39, 0.29) is 12.3 Å². The van der Waals surface area contributed by atoms with Crippen LogP contribution in [0.15, 0.2) is 47.5 Å². The molecule has 0 unspecified atom stereocenters. The first kappa shape index (κ1) is 22.7. The third-order valence-corrected chi connectivity index (χ3v) is 6.85.